The van der Waals surface area contributed by atoms with Gasteiger partial charge in [-0.15, -0.1) is 0 Å². The van der Waals surface area contributed by atoms with Crippen LogP contribution in [0.1, 0.15) is 27.0 Å². The third-order valence-electron chi connectivity index (χ3n) is 4.54. The van der Waals surface area contributed by atoms with Crippen molar-refractivity contribution in [3.8, 4) is 5.75 Å². The number of hydrogen-bond acceptors (Lipinski definition) is 3. The van der Waals surface area contributed by atoms with Gasteiger partial charge in [-0.25, -0.2) is 0 Å². The van der Waals surface area contributed by atoms with Crippen LogP contribution in [-0.4, -0.2) is 18.4 Å². The maximum atomic E-state index is 12.4. The van der Waals surface area contributed by atoms with Crippen molar-refractivity contribution >= 4 is 23.2 Å². The highest BCUT2D eigenvalue weighted by Gasteiger charge is 2.09. The topological polar surface area (TPSA) is 67.4 Å². The number of anilines is 2. The molecule has 3 rings (SSSR count). The highest BCUT2D eigenvalue weighted by atomic mass is 16.5. The summed E-state index contributed by atoms with van der Waals surface area (Å²) < 4.78 is 5.53. The van der Waals surface area contributed by atoms with E-state index in [0.29, 0.717) is 11.3 Å². The number of hydrogen-bond donors (Lipinski definition) is 2. The molecule has 148 valence electrons. The molecule has 0 aliphatic carbocycles. The van der Waals surface area contributed by atoms with Crippen LogP contribution in [0.15, 0.2) is 66.7 Å². The van der Waals surface area contributed by atoms with Crippen LogP contribution in [0.3, 0.4) is 0 Å². The molecule has 5 nitrogen and oxygen atoms in total. The molecule has 0 unspecified atom stereocenters. The van der Waals surface area contributed by atoms with Crippen molar-refractivity contribution in [3.63, 3.8) is 0 Å². The molecule has 0 saturated heterocycles. The number of benzene rings is 3. The molecular formula is C24H24N2O3. The number of aryl methyl sites for hydroxylation is 3. The third kappa shape index (κ3) is 5.45. The van der Waals surface area contributed by atoms with Crippen LogP contribution in [0.4, 0.5) is 11.4 Å². The van der Waals surface area contributed by atoms with Crippen molar-refractivity contribution in [1.82, 2.24) is 0 Å². The van der Waals surface area contributed by atoms with Gasteiger partial charge in [0.25, 0.3) is 11.8 Å². The molecule has 0 atom stereocenters. The van der Waals surface area contributed by atoms with E-state index in [1.54, 1.807) is 24.3 Å². The van der Waals surface area contributed by atoms with Gasteiger partial charge >= 0.3 is 0 Å². The Morgan fingerprint density at radius 3 is 2.17 bits per heavy atom. The Morgan fingerprint density at radius 1 is 0.793 bits per heavy atom. The number of carbonyl (C=O) groups is 2. The summed E-state index contributed by atoms with van der Waals surface area (Å²) in [6.07, 6.45) is 0. The van der Waals surface area contributed by atoms with Gasteiger partial charge in [0.05, 0.1) is 0 Å². The Bertz CT molecular complexity index is 1030. The van der Waals surface area contributed by atoms with Crippen LogP contribution >= 0.6 is 0 Å². The van der Waals surface area contributed by atoms with Crippen LogP contribution in [0, 0.1) is 20.8 Å². The molecule has 0 aliphatic rings. The van der Waals surface area contributed by atoms with Crippen molar-refractivity contribution < 1.29 is 14.3 Å². The SMILES string of the molecule is Cc1ccc(NC(=O)COc2ccc(C(=O)Nc3ccccc3C)cc2)c(C)c1. The number of para-hydroxylation sites is 1. The molecule has 0 bridgehead atoms. The number of amides is 2. The van der Waals surface area contributed by atoms with Crippen molar-refractivity contribution in [2.45, 2.75) is 20.8 Å². The van der Waals surface area contributed by atoms with Gasteiger partial charge in [-0.1, -0.05) is 35.9 Å². The van der Waals surface area contributed by atoms with Crippen molar-refractivity contribution in [3.05, 3.63) is 89.0 Å². The normalized spacial score (nSPS) is 10.3. The lowest BCUT2D eigenvalue weighted by Crippen LogP contribution is -2.20. The molecule has 0 fully saturated rings. The average Bonchev–Trinajstić information content (AvgIpc) is 2.70. The van der Waals surface area contributed by atoms with E-state index >= 15 is 0 Å². The maximum Gasteiger partial charge on any atom is 0.262 e. The largest absolute Gasteiger partial charge is 0.484 e. The molecule has 2 amide bonds. The zero-order chi connectivity index (χ0) is 20.8. The van der Waals surface area contributed by atoms with Crippen LogP contribution in [-0.2, 0) is 4.79 Å². The van der Waals surface area contributed by atoms with Crippen LogP contribution in [0.2, 0.25) is 0 Å². The molecule has 0 radical (unpaired) electrons. The Kier molecular flexibility index (Phi) is 6.29. The van der Waals surface area contributed by atoms with Gasteiger partial charge in [0, 0.05) is 16.9 Å². The first kappa shape index (κ1) is 20.1. The van der Waals surface area contributed by atoms with E-state index in [9.17, 15) is 9.59 Å². The fourth-order valence-electron chi connectivity index (χ4n) is 2.90. The monoisotopic (exact) mass is 388 g/mol. The molecule has 0 aliphatic heterocycles. The minimum Gasteiger partial charge on any atom is -0.484 e. The number of rotatable bonds is 6. The standard InChI is InChI=1S/C24H24N2O3/c1-16-8-13-22(18(3)14-16)25-23(27)15-29-20-11-9-19(10-12-20)24(28)26-21-7-5-4-6-17(21)2/h4-14H,15H2,1-3H3,(H,25,27)(H,26,28). The van der Waals surface area contributed by atoms with E-state index in [4.69, 9.17) is 4.74 Å². The number of nitrogens with one attached hydrogen (secondary N) is 2. The summed E-state index contributed by atoms with van der Waals surface area (Å²) in [6, 6.07) is 20.1. The first-order chi connectivity index (χ1) is 13.9. The minimum atomic E-state index is -0.238. The van der Waals surface area contributed by atoms with Gasteiger partial charge in [-0.05, 0) is 68.3 Å². The molecule has 0 heterocycles. The van der Waals surface area contributed by atoms with Gasteiger partial charge in [0.15, 0.2) is 6.61 Å². The van der Waals surface area contributed by atoms with Gasteiger partial charge in [0.1, 0.15) is 5.75 Å². The second kappa shape index (κ2) is 9.06. The van der Waals surface area contributed by atoms with Crippen LogP contribution in [0.25, 0.3) is 0 Å². The van der Waals surface area contributed by atoms with E-state index < -0.39 is 0 Å². The second-order valence-electron chi connectivity index (χ2n) is 6.95. The summed E-state index contributed by atoms with van der Waals surface area (Å²) in [6.45, 7) is 5.79. The Balaban J connectivity index is 1.54. The number of ether oxygens (including phenoxy) is 1. The quantitative estimate of drug-likeness (QED) is 0.632. The van der Waals surface area contributed by atoms with Gasteiger partial charge < -0.3 is 15.4 Å². The lowest BCUT2D eigenvalue weighted by molar-refractivity contribution is -0.118. The average molecular weight is 388 g/mol. The van der Waals surface area contributed by atoms with E-state index in [1.807, 2.05) is 63.2 Å². The van der Waals surface area contributed by atoms with Crippen LogP contribution < -0.4 is 15.4 Å². The molecular weight excluding hydrogens is 364 g/mol. The second-order valence-corrected chi connectivity index (χ2v) is 6.95. The summed E-state index contributed by atoms with van der Waals surface area (Å²) in [4.78, 5) is 24.5. The molecule has 29 heavy (non-hydrogen) atoms. The first-order valence-corrected chi connectivity index (χ1v) is 9.39. The third-order valence-corrected chi connectivity index (χ3v) is 4.54. The van der Waals surface area contributed by atoms with Crippen molar-refractivity contribution in [2.75, 3.05) is 17.2 Å². The first-order valence-electron chi connectivity index (χ1n) is 9.39. The summed E-state index contributed by atoms with van der Waals surface area (Å²) in [7, 11) is 0. The molecule has 0 aromatic heterocycles. The van der Waals surface area contributed by atoms with Crippen LogP contribution in [0.5, 0.6) is 5.75 Å². The van der Waals surface area contributed by atoms with E-state index in [0.717, 1.165) is 28.1 Å². The summed E-state index contributed by atoms with van der Waals surface area (Å²) in [5.74, 6) is 0.0879. The maximum absolute atomic E-state index is 12.4. The predicted octanol–water partition coefficient (Wildman–Crippen LogP) is 4.88. The van der Waals surface area contributed by atoms with E-state index in [1.165, 1.54) is 0 Å². The van der Waals surface area contributed by atoms with Gasteiger partial charge in [-0.2, -0.15) is 0 Å². The molecule has 2 N–H and O–H groups in total. The summed E-state index contributed by atoms with van der Waals surface area (Å²) in [5.41, 5.74) is 5.20. The Labute approximate surface area is 170 Å². The smallest absolute Gasteiger partial charge is 0.262 e. The lowest BCUT2D eigenvalue weighted by atomic mass is 10.1. The summed E-state index contributed by atoms with van der Waals surface area (Å²) >= 11 is 0. The van der Waals surface area contributed by atoms with E-state index in [2.05, 4.69) is 10.6 Å². The zero-order valence-electron chi connectivity index (χ0n) is 16.8. The highest BCUT2D eigenvalue weighted by Crippen LogP contribution is 2.18. The van der Waals surface area contributed by atoms with Gasteiger partial charge in [-0.3, -0.25) is 9.59 Å². The number of carbonyl (C=O) groups excluding carboxylic acids is 2. The molecule has 3 aromatic carbocycles. The Morgan fingerprint density at radius 2 is 1.48 bits per heavy atom. The van der Waals surface area contributed by atoms with Gasteiger partial charge in [0.2, 0.25) is 0 Å². The highest BCUT2D eigenvalue weighted by molar-refractivity contribution is 6.04. The fraction of sp³-hybridized carbons (Fsp3) is 0.167. The molecule has 0 saturated carbocycles. The Hall–Kier alpha value is -3.60. The summed E-state index contributed by atoms with van der Waals surface area (Å²) in [5, 5.41) is 5.73. The van der Waals surface area contributed by atoms with Crippen molar-refractivity contribution in [2.24, 2.45) is 0 Å². The van der Waals surface area contributed by atoms with E-state index in [-0.39, 0.29) is 18.4 Å². The molecule has 5 heteroatoms. The lowest BCUT2D eigenvalue weighted by Gasteiger charge is -2.11. The molecule has 0 spiro atoms. The minimum absolute atomic E-state index is 0.109. The fourth-order valence-corrected chi connectivity index (χ4v) is 2.90. The zero-order valence-corrected chi connectivity index (χ0v) is 16.8. The molecule has 3 aromatic rings. The van der Waals surface area contributed by atoms with Crippen molar-refractivity contribution in [1.29, 1.82) is 0 Å². The predicted molar refractivity (Wildman–Crippen MR) is 116 cm³/mol.